The molecule has 0 radical (unpaired) electrons. The first kappa shape index (κ1) is 27.0. The molecule has 0 saturated carbocycles. The standard InChI is InChI=1S/C25H28N2O8/c1-3-4-14-34-25(32)18-6-5-7-20(15-18)27-21(28)12-13-23(30)35-16-22(29)26-19-10-8-17(9-11-19)24(31)33-2/h5-11,15H,3-4,12-14,16H2,1-2H3,(H,26,29)(H,27,28). The summed E-state index contributed by atoms with van der Waals surface area (Å²) < 4.78 is 14.6. The fraction of sp³-hybridized carbons (Fsp3) is 0.320. The van der Waals surface area contributed by atoms with Crippen molar-refractivity contribution in [1.82, 2.24) is 0 Å². The summed E-state index contributed by atoms with van der Waals surface area (Å²) >= 11 is 0. The van der Waals surface area contributed by atoms with Crippen molar-refractivity contribution in [3.05, 3.63) is 59.7 Å². The number of hydrogen-bond donors (Lipinski definition) is 2. The largest absolute Gasteiger partial charge is 0.465 e. The number of carbonyl (C=O) groups is 5. The highest BCUT2D eigenvalue weighted by Crippen LogP contribution is 2.13. The zero-order chi connectivity index (χ0) is 25.6. The molecule has 0 bridgehead atoms. The van der Waals surface area contributed by atoms with Crippen LogP contribution in [0.1, 0.15) is 53.3 Å². The molecular formula is C25H28N2O8. The molecule has 0 aliphatic rings. The van der Waals surface area contributed by atoms with E-state index >= 15 is 0 Å². The maximum Gasteiger partial charge on any atom is 0.338 e. The monoisotopic (exact) mass is 484 g/mol. The molecule has 0 aromatic heterocycles. The molecule has 0 atom stereocenters. The van der Waals surface area contributed by atoms with Crippen LogP contribution in [0.4, 0.5) is 11.4 Å². The zero-order valence-electron chi connectivity index (χ0n) is 19.6. The van der Waals surface area contributed by atoms with Crippen molar-refractivity contribution in [3.8, 4) is 0 Å². The summed E-state index contributed by atoms with van der Waals surface area (Å²) in [6.45, 7) is 1.79. The van der Waals surface area contributed by atoms with Gasteiger partial charge in [-0.1, -0.05) is 19.4 Å². The Kier molecular flexibility index (Phi) is 10.9. The van der Waals surface area contributed by atoms with Crippen LogP contribution in [-0.2, 0) is 28.6 Å². The Bertz CT molecular complexity index is 1050. The Labute approximate surface area is 202 Å². The van der Waals surface area contributed by atoms with E-state index in [1.54, 1.807) is 18.2 Å². The summed E-state index contributed by atoms with van der Waals surface area (Å²) in [7, 11) is 1.27. The second kappa shape index (κ2) is 14.1. The summed E-state index contributed by atoms with van der Waals surface area (Å²) in [6.07, 6.45) is 1.28. The number of anilines is 2. The molecule has 0 fully saturated rings. The van der Waals surface area contributed by atoms with Crippen molar-refractivity contribution in [1.29, 1.82) is 0 Å². The fourth-order valence-electron chi connectivity index (χ4n) is 2.78. The quantitative estimate of drug-likeness (QED) is 0.266. The molecule has 2 amide bonds. The maximum atomic E-state index is 12.1. The lowest BCUT2D eigenvalue weighted by molar-refractivity contribution is -0.147. The molecule has 0 saturated heterocycles. The normalized spacial score (nSPS) is 10.1. The van der Waals surface area contributed by atoms with Crippen LogP contribution in [0.15, 0.2) is 48.5 Å². The van der Waals surface area contributed by atoms with Gasteiger partial charge in [0.25, 0.3) is 5.91 Å². The molecule has 10 heteroatoms. The van der Waals surface area contributed by atoms with Crippen LogP contribution < -0.4 is 10.6 Å². The molecule has 35 heavy (non-hydrogen) atoms. The van der Waals surface area contributed by atoms with Crippen LogP contribution in [0.3, 0.4) is 0 Å². The summed E-state index contributed by atoms with van der Waals surface area (Å²) in [5, 5.41) is 5.13. The minimum absolute atomic E-state index is 0.166. The third-order valence-corrected chi connectivity index (χ3v) is 4.62. The van der Waals surface area contributed by atoms with E-state index in [0.717, 1.165) is 12.8 Å². The van der Waals surface area contributed by atoms with Gasteiger partial charge in [-0.2, -0.15) is 0 Å². The number of methoxy groups -OCH3 is 1. The van der Waals surface area contributed by atoms with Gasteiger partial charge in [-0.05, 0) is 48.9 Å². The first-order chi connectivity index (χ1) is 16.8. The van der Waals surface area contributed by atoms with Crippen LogP contribution in [-0.4, -0.2) is 50.0 Å². The molecule has 2 aromatic carbocycles. The van der Waals surface area contributed by atoms with Gasteiger partial charge in [-0.15, -0.1) is 0 Å². The second-order valence-corrected chi connectivity index (χ2v) is 7.40. The van der Waals surface area contributed by atoms with Gasteiger partial charge in [0.15, 0.2) is 6.61 Å². The topological polar surface area (TPSA) is 137 Å². The minimum Gasteiger partial charge on any atom is -0.465 e. The lowest BCUT2D eigenvalue weighted by Gasteiger charge is -2.09. The Morgan fingerprint density at radius 1 is 0.771 bits per heavy atom. The van der Waals surface area contributed by atoms with E-state index < -0.39 is 36.3 Å². The number of amides is 2. The number of esters is 3. The second-order valence-electron chi connectivity index (χ2n) is 7.40. The molecule has 0 spiro atoms. The van der Waals surface area contributed by atoms with Crippen molar-refractivity contribution in [2.24, 2.45) is 0 Å². The number of carbonyl (C=O) groups excluding carboxylic acids is 5. The van der Waals surface area contributed by atoms with E-state index in [1.807, 2.05) is 6.92 Å². The number of benzene rings is 2. The first-order valence-corrected chi connectivity index (χ1v) is 11.0. The van der Waals surface area contributed by atoms with E-state index in [4.69, 9.17) is 9.47 Å². The van der Waals surface area contributed by atoms with E-state index in [-0.39, 0.29) is 12.8 Å². The van der Waals surface area contributed by atoms with Crippen LogP contribution in [0.2, 0.25) is 0 Å². The smallest absolute Gasteiger partial charge is 0.338 e. The highest BCUT2D eigenvalue weighted by molar-refractivity contribution is 5.96. The lowest BCUT2D eigenvalue weighted by Crippen LogP contribution is -2.21. The van der Waals surface area contributed by atoms with E-state index in [0.29, 0.717) is 29.1 Å². The zero-order valence-corrected chi connectivity index (χ0v) is 19.6. The average molecular weight is 485 g/mol. The van der Waals surface area contributed by atoms with Crippen molar-refractivity contribution in [2.45, 2.75) is 32.6 Å². The number of ether oxygens (including phenoxy) is 3. The van der Waals surface area contributed by atoms with Crippen molar-refractivity contribution in [2.75, 3.05) is 31.0 Å². The van der Waals surface area contributed by atoms with Gasteiger partial charge >= 0.3 is 17.9 Å². The average Bonchev–Trinajstić information content (AvgIpc) is 2.86. The minimum atomic E-state index is -0.718. The third-order valence-electron chi connectivity index (χ3n) is 4.62. The van der Waals surface area contributed by atoms with Gasteiger partial charge in [-0.25, -0.2) is 9.59 Å². The molecule has 10 nitrogen and oxygen atoms in total. The summed E-state index contributed by atoms with van der Waals surface area (Å²) in [4.78, 5) is 59.4. The summed E-state index contributed by atoms with van der Waals surface area (Å²) in [5.41, 5.74) is 1.44. The number of nitrogens with one attached hydrogen (secondary N) is 2. The van der Waals surface area contributed by atoms with E-state index in [1.165, 1.54) is 37.4 Å². The number of rotatable bonds is 12. The Morgan fingerprint density at radius 3 is 2.17 bits per heavy atom. The van der Waals surface area contributed by atoms with Gasteiger partial charge in [-0.3, -0.25) is 14.4 Å². The van der Waals surface area contributed by atoms with Crippen molar-refractivity contribution < 1.29 is 38.2 Å². The molecule has 186 valence electrons. The number of hydrogen-bond acceptors (Lipinski definition) is 8. The van der Waals surface area contributed by atoms with E-state index in [2.05, 4.69) is 15.4 Å². The highest BCUT2D eigenvalue weighted by atomic mass is 16.5. The Morgan fingerprint density at radius 2 is 1.49 bits per heavy atom. The first-order valence-electron chi connectivity index (χ1n) is 11.0. The van der Waals surface area contributed by atoms with Crippen LogP contribution in [0.5, 0.6) is 0 Å². The Hall–Kier alpha value is -4.21. The Balaban J connectivity index is 1.72. The molecule has 2 rings (SSSR count). The molecule has 2 N–H and O–H groups in total. The predicted molar refractivity (Wildman–Crippen MR) is 127 cm³/mol. The molecular weight excluding hydrogens is 456 g/mol. The SMILES string of the molecule is CCCCOC(=O)c1cccc(NC(=O)CCC(=O)OCC(=O)Nc2ccc(C(=O)OC)cc2)c1. The molecule has 0 unspecified atom stereocenters. The summed E-state index contributed by atoms with van der Waals surface area (Å²) in [5.74, 6) is -2.72. The molecule has 0 aliphatic carbocycles. The molecule has 0 aliphatic heterocycles. The van der Waals surface area contributed by atoms with Crippen molar-refractivity contribution in [3.63, 3.8) is 0 Å². The van der Waals surface area contributed by atoms with Crippen LogP contribution in [0, 0.1) is 0 Å². The van der Waals surface area contributed by atoms with Crippen molar-refractivity contribution >= 4 is 41.1 Å². The molecule has 0 heterocycles. The van der Waals surface area contributed by atoms with Gasteiger partial charge in [0.1, 0.15) is 0 Å². The predicted octanol–water partition coefficient (Wildman–Crippen LogP) is 3.33. The van der Waals surface area contributed by atoms with E-state index in [9.17, 15) is 24.0 Å². The van der Waals surface area contributed by atoms with Gasteiger partial charge in [0, 0.05) is 17.8 Å². The fourth-order valence-corrected chi connectivity index (χ4v) is 2.78. The molecule has 2 aromatic rings. The maximum absolute atomic E-state index is 12.1. The van der Waals surface area contributed by atoms with Crippen LogP contribution >= 0.6 is 0 Å². The van der Waals surface area contributed by atoms with Gasteiger partial charge < -0.3 is 24.8 Å². The third kappa shape index (κ3) is 9.66. The number of unbranched alkanes of at least 4 members (excludes halogenated alkanes) is 1. The van der Waals surface area contributed by atoms with Gasteiger partial charge in [0.05, 0.1) is 31.3 Å². The van der Waals surface area contributed by atoms with Crippen LogP contribution in [0.25, 0.3) is 0 Å². The highest BCUT2D eigenvalue weighted by Gasteiger charge is 2.13. The summed E-state index contributed by atoms with van der Waals surface area (Å²) in [6, 6.07) is 12.3. The lowest BCUT2D eigenvalue weighted by atomic mass is 10.2. The van der Waals surface area contributed by atoms with Gasteiger partial charge in [0.2, 0.25) is 5.91 Å².